The van der Waals surface area contributed by atoms with Gasteiger partial charge in [-0.15, -0.1) is 0 Å². The lowest BCUT2D eigenvalue weighted by atomic mass is 10.1. The van der Waals surface area contributed by atoms with E-state index in [0.717, 1.165) is 19.5 Å². The molecule has 4 heteroatoms. The van der Waals surface area contributed by atoms with Gasteiger partial charge in [0, 0.05) is 32.6 Å². The molecule has 0 aromatic heterocycles. The summed E-state index contributed by atoms with van der Waals surface area (Å²) in [7, 11) is 3.93. The molecule has 0 bridgehead atoms. The quantitative estimate of drug-likeness (QED) is 0.696. The SMILES string of the molecule is CC(C)C(C)N(C)CCC(=O)N(C)CCCN. The van der Waals surface area contributed by atoms with Crippen LogP contribution in [-0.2, 0) is 4.79 Å². The molecular formula is C13H29N3O. The third-order valence-electron chi connectivity index (χ3n) is 3.46. The first-order valence-corrected chi connectivity index (χ1v) is 6.54. The summed E-state index contributed by atoms with van der Waals surface area (Å²) in [6.07, 6.45) is 1.47. The van der Waals surface area contributed by atoms with Crippen LogP contribution in [0, 0.1) is 5.92 Å². The van der Waals surface area contributed by atoms with Crippen molar-refractivity contribution in [2.75, 3.05) is 33.7 Å². The fourth-order valence-corrected chi connectivity index (χ4v) is 1.63. The topological polar surface area (TPSA) is 49.6 Å². The first kappa shape index (κ1) is 16.4. The van der Waals surface area contributed by atoms with Crippen molar-refractivity contribution in [3.63, 3.8) is 0 Å². The second-order valence-electron chi connectivity index (χ2n) is 5.17. The Morgan fingerprint density at radius 1 is 1.18 bits per heavy atom. The fourth-order valence-electron chi connectivity index (χ4n) is 1.63. The molecule has 0 aliphatic carbocycles. The van der Waals surface area contributed by atoms with E-state index in [-0.39, 0.29) is 5.91 Å². The Hall–Kier alpha value is -0.610. The zero-order chi connectivity index (χ0) is 13.4. The molecule has 0 aliphatic rings. The highest BCUT2D eigenvalue weighted by Crippen LogP contribution is 2.08. The van der Waals surface area contributed by atoms with E-state index >= 15 is 0 Å². The number of amides is 1. The zero-order valence-electron chi connectivity index (χ0n) is 12.1. The van der Waals surface area contributed by atoms with Gasteiger partial charge in [0.1, 0.15) is 0 Å². The molecule has 0 radical (unpaired) electrons. The summed E-state index contributed by atoms with van der Waals surface area (Å²) in [4.78, 5) is 15.8. The summed E-state index contributed by atoms with van der Waals surface area (Å²) >= 11 is 0. The van der Waals surface area contributed by atoms with E-state index in [1.54, 1.807) is 4.90 Å². The molecule has 17 heavy (non-hydrogen) atoms. The molecule has 102 valence electrons. The van der Waals surface area contributed by atoms with Gasteiger partial charge in [-0.25, -0.2) is 0 Å². The lowest BCUT2D eigenvalue weighted by Crippen LogP contribution is -2.37. The second kappa shape index (κ2) is 8.48. The first-order valence-electron chi connectivity index (χ1n) is 6.54. The Bertz CT molecular complexity index is 219. The van der Waals surface area contributed by atoms with Gasteiger partial charge in [-0.2, -0.15) is 0 Å². The largest absolute Gasteiger partial charge is 0.346 e. The first-order chi connectivity index (χ1) is 7.90. The van der Waals surface area contributed by atoms with Gasteiger partial charge in [-0.05, 0) is 32.9 Å². The van der Waals surface area contributed by atoms with Gasteiger partial charge in [-0.3, -0.25) is 4.79 Å². The predicted molar refractivity (Wildman–Crippen MR) is 72.9 cm³/mol. The van der Waals surface area contributed by atoms with Crippen molar-refractivity contribution in [3.8, 4) is 0 Å². The molecular weight excluding hydrogens is 214 g/mol. The van der Waals surface area contributed by atoms with Crippen molar-refractivity contribution in [3.05, 3.63) is 0 Å². The smallest absolute Gasteiger partial charge is 0.223 e. The van der Waals surface area contributed by atoms with Gasteiger partial charge >= 0.3 is 0 Å². The minimum atomic E-state index is 0.209. The molecule has 0 rings (SSSR count). The van der Waals surface area contributed by atoms with Gasteiger partial charge in [0.15, 0.2) is 0 Å². The van der Waals surface area contributed by atoms with E-state index in [1.807, 2.05) is 7.05 Å². The van der Waals surface area contributed by atoms with E-state index in [2.05, 4.69) is 32.7 Å². The van der Waals surface area contributed by atoms with Gasteiger partial charge in [0.05, 0.1) is 0 Å². The van der Waals surface area contributed by atoms with Crippen molar-refractivity contribution in [2.24, 2.45) is 11.7 Å². The van der Waals surface area contributed by atoms with Crippen LogP contribution < -0.4 is 5.73 Å². The molecule has 0 fully saturated rings. The molecule has 2 N–H and O–H groups in total. The summed E-state index contributed by atoms with van der Waals surface area (Å²) in [5.41, 5.74) is 5.43. The van der Waals surface area contributed by atoms with Crippen molar-refractivity contribution in [1.29, 1.82) is 0 Å². The molecule has 0 spiro atoms. The molecule has 0 saturated carbocycles. The standard InChI is InChI=1S/C13H29N3O/c1-11(2)12(3)15(4)10-7-13(17)16(5)9-6-8-14/h11-12H,6-10,14H2,1-5H3. The normalized spacial score (nSPS) is 13.2. The van der Waals surface area contributed by atoms with E-state index in [9.17, 15) is 4.79 Å². The Kier molecular flexibility index (Phi) is 8.17. The molecule has 0 heterocycles. The van der Waals surface area contributed by atoms with Crippen LogP contribution in [0.4, 0.5) is 0 Å². The minimum Gasteiger partial charge on any atom is -0.346 e. The van der Waals surface area contributed by atoms with E-state index in [4.69, 9.17) is 5.73 Å². The maximum absolute atomic E-state index is 11.8. The van der Waals surface area contributed by atoms with Crippen LogP contribution >= 0.6 is 0 Å². The zero-order valence-corrected chi connectivity index (χ0v) is 12.1. The van der Waals surface area contributed by atoms with Crippen LogP contribution in [0.1, 0.15) is 33.6 Å². The van der Waals surface area contributed by atoms with Crippen LogP contribution in [0.25, 0.3) is 0 Å². The average molecular weight is 243 g/mol. The highest BCUT2D eigenvalue weighted by molar-refractivity contribution is 5.76. The maximum atomic E-state index is 11.8. The average Bonchev–Trinajstić information content (AvgIpc) is 2.31. The highest BCUT2D eigenvalue weighted by atomic mass is 16.2. The van der Waals surface area contributed by atoms with Crippen molar-refractivity contribution >= 4 is 5.91 Å². The number of nitrogens with two attached hydrogens (primary N) is 1. The number of rotatable bonds is 8. The fraction of sp³-hybridized carbons (Fsp3) is 0.923. The van der Waals surface area contributed by atoms with Crippen molar-refractivity contribution in [1.82, 2.24) is 9.80 Å². The van der Waals surface area contributed by atoms with Crippen LogP contribution in [0.3, 0.4) is 0 Å². The molecule has 0 saturated heterocycles. The maximum Gasteiger partial charge on any atom is 0.223 e. The van der Waals surface area contributed by atoms with E-state index in [0.29, 0.717) is 24.9 Å². The molecule has 1 amide bonds. The molecule has 1 unspecified atom stereocenters. The Morgan fingerprint density at radius 3 is 2.24 bits per heavy atom. The van der Waals surface area contributed by atoms with Crippen LogP contribution in [0.2, 0.25) is 0 Å². The van der Waals surface area contributed by atoms with Crippen molar-refractivity contribution in [2.45, 2.75) is 39.7 Å². The van der Waals surface area contributed by atoms with Crippen LogP contribution in [0.5, 0.6) is 0 Å². The third kappa shape index (κ3) is 6.64. The summed E-state index contributed by atoms with van der Waals surface area (Å²) in [5, 5.41) is 0. The van der Waals surface area contributed by atoms with E-state index in [1.165, 1.54) is 0 Å². The lowest BCUT2D eigenvalue weighted by molar-refractivity contribution is -0.130. The molecule has 4 nitrogen and oxygen atoms in total. The van der Waals surface area contributed by atoms with Crippen LogP contribution in [0.15, 0.2) is 0 Å². The summed E-state index contributed by atoms with van der Waals surface area (Å²) < 4.78 is 0. The van der Waals surface area contributed by atoms with Gasteiger partial charge in [0.25, 0.3) is 0 Å². The molecule has 0 aromatic carbocycles. The number of carbonyl (C=O) groups excluding carboxylic acids is 1. The molecule has 0 aromatic rings. The Labute approximate surface area is 106 Å². The summed E-state index contributed by atoms with van der Waals surface area (Å²) in [6.45, 7) is 8.84. The Morgan fingerprint density at radius 2 is 1.76 bits per heavy atom. The molecule has 0 aliphatic heterocycles. The monoisotopic (exact) mass is 243 g/mol. The second-order valence-corrected chi connectivity index (χ2v) is 5.17. The number of hydrogen-bond donors (Lipinski definition) is 1. The minimum absolute atomic E-state index is 0.209. The van der Waals surface area contributed by atoms with Gasteiger partial charge in [-0.1, -0.05) is 13.8 Å². The van der Waals surface area contributed by atoms with Gasteiger partial charge < -0.3 is 15.5 Å². The Balaban J connectivity index is 3.90. The summed E-state index contributed by atoms with van der Waals surface area (Å²) in [6, 6.07) is 0.511. The van der Waals surface area contributed by atoms with E-state index < -0.39 is 0 Å². The lowest BCUT2D eigenvalue weighted by Gasteiger charge is -2.28. The van der Waals surface area contributed by atoms with Crippen molar-refractivity contribution < 1.29 is 4.79 Å². The summed E-state index contributed by atoms with van der Waals surface area (Å²) in [5.74, 6) is 0.825. The highest BCUT2D eigenvalue weighted by Gasteiger charge is 2.15. The predicted octanol–water partition coefficient (Wildman–Crippen LogP) is 1.16. The van der Waals surface area contributed by atoms with Crippen LogP contribution in [-0.4, -0.2) is 55.5 Å². The third-order valence-corrected chi connectivity index (χ3v) is 3.46. The molecule has 1 atom stereocenters. The number of hydrogen-bond acceptors (Lipinski definition) is 3. The van der Waals surface area contributed by atoms with Gasteiger partial charge in [0.2, 0.25) is 5.91 Å². The number of nitrogens with zero attached hydrogens (tertiary/aromatic N) is 2. The number of carbonyl (C=O) groups is 1.